The van der Waals surface area contributed by atoms with Crippen LogP contribution in [0.5, 0.6) is 11.5 Å². The van der Waals surface area contributed by atoms with E-state index in [0.29, 0.717) is 17.1 Å². The number of hydrogen-bond donors (Lipinski definition) is 2. The third-order valence-electron chi connectivity index (χ3n) is 3.72. The van der Waals surface area contributed by atoms with Crippen LogP contribution in [0, 0.1) is 0 Å². The third kappa shape index (κ3) is 3.56. The van der Waals surface area contributed by atoms with Crippen LogP contribution in [-0.2, 0) is 15.6 Å². The van der Waals surface area contributed by atoms with Gasteiger partial charge < -0.3 is 14.6 Å². The molecule has 0 saturated heterocycles. The van der Waals surface area contributed by atoms with E-state index in [1.165, 1.54) is 19.1 Å². The second kappa shape index (κ2) is 6.36. The minimum Gasteiger partial charge on any atom is -0.454 e. The lowest BCUT2D eigenvalue weighted by Gasteiger charge is -2.24. The molecule has 0 spiro atoms. The number of fused-ring (bicyclic) bond motifs is 1. The zero-order chi connectivity index (χ0) is 17.4. The Morgan fingerprint density at radius 2 is 1.83 bits per heavy atom. The lowest BCUT2D eigenvalue weighted by atomic mass is 9.96. The Balaban J connectivity index is 1.76. The zero-order valence-electron chi connectivity index (χ0n) is 12.8. The molecule has 0 amide bonds. The van der Waals surface area contributed by atoms with Crippen molar-refractivity contribution in [1.82, 2.24) is 4.72 Å². The van der Waals surface area contributed by atoms with Gasteiger partial charge in [0.2, 0.25) is 16.8 Å². The van der Waals surface area contributed by atoms with Gasteiger partial charge in [-0.15, -0.1) is 0 Å². The zero-order valence-corrected chi connectivity index (χ0v) is 15.2. The van der Waals surface area contributed by atoms with E-state index in [2.05, 4.69) is 20.7 Å². The van der Waals surface area contributed by atoms with Crippen LogP contribution in [0.3, 0.4) is 0 Å². The number of aliphatic hydroxyl groups is 1. The van der Waals surface area contributed by atoms with Crippen LogP contribution in [-0.4, -0.2) is 26.9 Å². The number of nitrogens with one attached hydrogen (secondary N) is 1. The molecule has 0 radical (unpaired) electrons. The normalized spacial score (nSPS) is 16.0. The van der Waals surface area contributed by atoms with Gasteiger partial charge in [0.15, 0.2) is 11.5 Å². The molecule has 1 heterocycles. The molecular weight excluding hydrogens is 398 g/mol. The summed E-state index contributed by atoms with van der Waals surface area (Å²) in [5, 5.41) is 10.6. The van der Waals surface area contributed by atoms with Gasteiger partial charge in [-0.2, -0.15) is 0 Å². The summed E-state index contributed by atoms with van der Waals surface area (Å²) in [5.41, 5.74) is -0.867. The maximum Gasteiger partial charge on any atom is 0.240 e. The molecule has 1 atom stereocenters. The van der Waals surface area contributed by atoms with Crippen molar-refractivity contribution >= 4 is 26.0 Å². The van der Waals surface area contributed by atoms with E-state index in [1.807, 2.05) is 0 Å². The van der Waals surface area contributed by atoms with Gasteiger partial charge in [-0.1, -0.05) is 22.0 Å². The van der Waals surface area contributed by atoms with Crippen LogP contribution >= 0.6 is 15.9 Å². The highest BCUT2D eigenvalue weighted by molar-refractivity contribution is 9.10. The first kappa shape index (κ1) is 17.2. The minimum atomic E-state index is -3.72. The van der Waals surface area contributed by atoms with Crippen LogP contribution in [0.2, 0.25) is 0 Å². The smallest absolute Gasteiger partial charge is 0.240 e. The molecule has 3 rings (SSSR count). The second-order valence-corrected chi connectivity index (χ2v) is 8.30. The van der Waals surface area contributed by atoms with Crippen molar-refractivity contribution in [1.29, 1.82) is 0 Å². The van der Waals surface area contributed by atoms with Gasteiger partial charge in [0.25, 0.3) is 0 Å². The summed E-state index contributed by atoms with van der Waals surface area (Å²) in [6, 6.07) is 11.3. The first-order valence-corrected chi connectivity index (χ1v) is 9.43. The number of sulfonamides is 1. The van der Waals surface area contributed by atoms with E-state index in [1.54, 1.807) is 30.3 Å². The Morgan fingerprint density at radius 1 is 1.17 bits per heavy atom. The van der Waals surface area contributed by atoms with Crippen LogP contribution < -0.4 is 14.2 Å². The lowest BCUT2D eigenvalue weighted by Crippen LogP contribution is -2.38. The van der Waals surface area contributed by atoms with E-state index >= 15 is 0 Å². The van der Waals surface area contributed by atoms with Crippen molar-refractivity contribution < 1.29 is 23.0 Å². The molecule has 6 nitrogen and oxygen atoms in total. The Labute approximate surface area is 148 Å². The number of benzene rings is 2. The topological polar surface area (TPSA) is 84.9 Å². The molecule has 24 heavy (non-hydrogen) atoms. The molecule has 2 N–H and O–H groups in total. The highest BCUT2D eigenvalue weighted by Gasteiger charge is 2.28. The van der Waals surface area contributed by atoms with E-state index in [0.717, 1.165) is 4.47 Å². The average Bonchev–Trinajstić information content (AvgIpc) is 3.01. The standard InChI is InChI=1S/C16H16BrNO5S/c1-16(19,11-2-7-14-15(8-11)23-10-22-14)9-18-24(20,21)13-5-3-12(17)4-6-13/h2-8,18-19H,9-10H2,1H3. The fourth-order valence-electron chi connectivity index (χ4n) is 2.27. The summed E-state index contributed by atoms with van der Waals surface area (Å²) >= 11 is 3.26. The van der Waals surface area contributed by atoms with Crippen molar-refractivity contribution in [3.63, 3.8) is 0 Å². The Hall–Kier alpha value is -1.61. The van der Waals surface area contributed by atoms with Gasteiger partial charge in [-0.05, 0) is 48.9 Å². The van der Waals surface area contributed by atoms with E-state index in [9.17, 15) is 13.5 Å². The van der Waals surface area contributed by atoms with E-state index in [-0.39, 0.29) is 18.2 Å². The molecule has 1 unspecified atom stereocenters. The predicted molar refractivity (Wildman–Crippen MR) is 91.5 cm³/mol. The van der Waals surface area contributed by atoms with Crippen molar-refractivity contribution in [3.05, 3.63) is 52.5 Å². The molecule has 2 aromatic carbocycles. The molecule has 2 aromatic rings. The Bertz CT molecular complexity index is 849. The SMILES string of the molecule is CC(O)(CNS(=O)(=O)c1ccc(Br)cc1)c1ccc2c(c1)OCO2. The van der Waals surface area contributed by atoms with Crippen LogP contribution in [0.4, 0.5) is 0 Å². The average molecular weight is 414 g/mol. The summed E-state index contributed by atoms with van der Waals surface area (Å²) in [6.45, 7) is 1.50. The summed E-state index contributed by atoms with van der Waals surface area (Å²) in [4.78, 5) is 0.132. The van der Waals surface area contributed by atoms with Crippen molar-refractivity contribution in [2.24, 2.45) is 0 Å². The molecule has 8 heteroatoms. The van der Waals surface area contributed by atoms with Gasteiger partial charge in [0, 0.05) is 11.0 Å². The lowest BCUT2D eigenvalue weighted by molar-refractivity contribution is 0.0625. The number of rotatable bonds is 5. The molecule has 0 fully saturated rings. The summed E-state index contributed by atoms with van der Waals surface area (Å²) in [5.74, 6) is 1.13. The van der Waals surface area contributed by atoms with Crippen LogP contribution in [0.1, 0.15) is 12.5 Å². The fourth-order valence-corrected chi connectivity index (χ4v) is 3.66. The number of halogens is 1. The summed E-state index contributed by atoms with van der Waals surface area (Å²) < 4.78 is 38.4. The van der Waals surface area contributed by atoms with Crippen molar-refractivity contribution in [2.45, 2.75) is 17.4 Å². The molecule has 0 bridgehead atoms. The predicted octanol–water partition coefficient (Wildman–Crippen LogP) is 2.36. The van der Waals surface area contributed by atoms with Crippen molar-refractivity contribution in [3.8, 4) is 11.5 Å². The molecule has 1 aliphatic heterocycles. The van der Waals surface area contributed by atoms with Crippen LogP contribution in [0.15, 0.2) is 51.8 Å². The Morgan fingerprint density at radius 3 is 2.54 bits per heavy atom. The van der Waals surface area contributed by atoms with Gasteiger partial charge in [-0.25, -0.2) is 13.1 Å². The second-order valence-electron chi connectivity index (χ2n) is 5.62. The van der Waals surface area contributed by atoms with Crippen molar-refractivity contribution in [2.75, 3.05) is 13.3 Å². The summed E-state index contributed by atoms with van der Waals surface area (Å²) in [6.07, 6.45) is 0. The molecule has 0 aliphatic carbocycles. The Kier molecular flexibility index (Phi) is 4.56. The highest BCUT2D eigenvalue weighted by Crippen LogP contribution is 2.35. The third-order valence-corrected chi connectivity index (χ3v) is 5.67. The maximum atomic E-state index is 12.3. The van der Waals surface area contributed by atoms with E-state index < -0.39 is 15.6 Å². The van der Waals surface area contributed by atoms with Crippen LogP contribution in [0.25, 0.3) is 0 Å². The molecular formula is C16H16BrNO5S. The first-order valence-electron chi connectivity index (χ1n) is 7.16. The minimum absolute atomic E-state index is 0.132. The highest BCUT2D eigenvalue weighted by atomic mass is 79.9. The van der Waals surface area contributed by atoms with Gasteiger partial charge >= 0.3 is 0 Å². The van der Waals surface area contributed by atoms with E-state index in [4.69, 9.17) is 9.47 Å². The molecule has 0 aromatic heterocycles. The molecule has 0 saturated carbocycles. The maximum absolute atomic E-state index is 12.3. The largest absolute Gasteiger partial charge is 0.454 e. The first-order chi connectivity index (χ1) is 11.3. The molecule has 1 aliphatic rings. The molecule has 128 valence electrons. The quantitative estimate of drug-likeness (QED) is 0.785. The van der Waals surface area contributed by atoms with Gasteiger partial charge in [0.05, 0.1) is 4.90 Å². The number of ether oxygens (including phenoxy) is 2. The monoisotopic (exact) mass is 413 g/mol. The van der Waals surface area contributed by atoms with Gasteiger partial charge in [0.1, 0.15) is 5.60 Å². The van der Waals surface area contributed by atoms with Gasteiger partial charge in [-0.3, -0.25) is 0 Å². The fraction of sp³-hybridized carbons (Fsp3) is 0.250. The number of hydrogen-bond acceptors (Lipinski definition) is 5. The summed E-state index contributed by atoms with van der Waals surface area (Å²) in [7, 11) is -3.72.